The van der Waals surface area contributed by atoms with Crippen molar-refractivity contribution in [3.05, 3.63) is 12.2 Å². The summed E-state index contributed by atoms with van der Waals surface area (Å²) in [7, 11) is 0. The van der Waals surface area contributed by atoms with E-state index in [9.17, 15) is 90.7 Å². The standard InChI is InChI=1S/C75H137N3O26/c1-5-7-9-11-13-15-17-19-20-21-22-23-24-25-26-27-28-30-32-34-36-38-40-42-58(88)78-51(52(85)41-39-37-35-33-31-29-18-16-14-12-10-8-6-2)48-97-72-65(93)64(92)67(56(46-81)99-72)101-73-66(94)70(68(57(47-82)100-73)102-71-60(77-50(4)84)63(91)62(90)55(45-80)98-71)104-75(74(95)96)43-53(86)59(76-49(3)83)69(103-75)61(89)54(87)44-79/h39,41,51-57,59-73,79-82,85-87,89-94H,5-38,40,42-48H2,1-4H3,(H,76,83)(H,77,84)(H,78,88)(H,95,96). The van der Waals surface area contributed by atoms with Crippen LogP contribution in [0.2, 0.25) is 0 Å². The summed E-state index contributed by atoms with van der Waals surface area (Å²) in [5.41, 5.74) is 0. The molecule has 4 fully saturated rings. The van der Waals surface area contributed by atoms with Crippen molar-refractivity contribution < 1.29 is 129 Å². The Morgan fingerprint density at radius 1 is 0.500 bits per heavy atom. The molecule has 0 saturated carbocycles. The van der Waals surface area contributed by atoms with Crippen LogP contribution in [0.15, 0.2) is 12.2 Å². The minimum Gasteiger partial charge on any atom is -0.477 e. The number of carbonyl (C=O) groups excluding carboxylic acids is 3. The van der Waals surface area contributed by atoms with Crippen LogP contribution < -0.4 is 16.0 Å². The second kappa shape index (κ2) is 52.8. The molecule has 0 radical (unpaired) electrons. The molecule has 29 heteroatoms. The van der Waals surface area contributed by atoms with Crippen LogP contribution in [-0.4, -0.2) is 269 Å². The van der Waals surface area contributed by atoms with E-state index in [1.165, 1.54) is 161 Å². The van der Waals surface area contributed by atoms with Gasteiger partial charge in [-0.25, -0.2) is 4.79 Å². The lowest BCUT2D eigenvalue weighted by molar-refractivity contribution is -0.401. The predicted octanol–water partition coefficient (Wildman–Crippen LogP) is 4.25. The molecule has 4 rings (SSSR count). The number of nitrogens with one attached hydrogen (secondary N) is 3. The van der Waals surface area contributed by atoms with Gasteiger partial charge in [0.25, 0.3) is 5.79 Å². The molecule has 23 atom stereocenters. The molecule has 0 aliphatic carbocycles. The summed E-state index contributed by atoms with van der Waals surface area (Å²) in [5, 5.41) is 163. The van der Waals surface area contributed by atoms with E-state index in [0.29, 0.717) is 12.8 Å². The number of carboxylic acids is 1. The summed E-state index contributed by atoms with van der Waals surface area (Å²) in [4.78, 5) is 52.1. The highest BCUT2D eigenvalue weighted by Gasteiger charge is 2.62. The monoisotopic (exact) mass is 1500 g/mol. The van der Waals surface area contributed by atoms with Crippen LogP contribution in [0.5, 0.6) is 0 Å². The molecule has 0 bridgehead atoms. The van der Waals surface area contributed by atoms with Gasteiger partial charge in [-0.05, 0) is 19.3 Å². The topological polar surface area (TPSA) is 461 Å². The van der Waals surface area contributed by atoms with Gasteiger partial charge in [0.1, 0.15) is 91.5 Å². The van der Waals surface area contributed by atoms with Gasteiger partial charge in [0.05, 0.1) is 57.3 Å². The number of unbranched alkanes of at least 4 members (excludes halogenated alkanes) is 33. The number of amides is 3. The number of hydrogen-bond donors (Lipinski definition) is 17. The highest BCUT2D eigenvalue weighted by atomic mass is 16.8. The number of allylic oxidation sites excluding steroid dienone is 1. The van der Waals surface area contributed by atoms with E-state index in [-0.39, 0.29) is 12.3 Å². The lowest BCUT2D eigenvalue weighted by Crippen LogP contribution is -2.72. The lowest BCUT2D eigenvalue weighted by Gasteiger charge is -2.52. The van der Waals surface area contributed by atoms with Crippen molar-refractivity contribution in [1.29, 1.82) is 0 Å². The summed E-state index contributed by atoms with van der Waals surface area (Å²) in [5.74, 6) is -7.36. The summed E-state index contributed by atoms with van der Waals surface area (Å²) < 4.78 is 48.0. The van der Waals surface area contributed by atoms with E-state index < -0.39 is 198 Å². The molecule has 29 nitrogen and oxygen atoms in total. The van der Waals surface area contributed by atoms with Crippen molar-refractivity contribution >= 4 is 23.7 Å². The average molecular weight is 1500 g/mol. The SMILES string of the molecule is CCCCCCCCCCCCCC=CC(O)C(COC1OC(CO)C(OC2OC(CO)C(OC3OC(CO)C(O)C(O)C3NC(C)=O)C(OC3(C(=O)O)CC(O)C(NC(C)=O)C(C(O)C(O)CO)O3)C2O)C(O)C1O)NC(=O)CCCCCCCCCCCCCCCCCCCCCCCCC. The van der Waals surface area contributed by atoms with Gasteiger partial charge in [-0.1, -0.05) is 231 Å². The third-order valence-electron chi connectivity index (χ3n) is 20.5. The molecule has 4 heterocycles. The molecule has 0 aromatic heterocycles. The van der Waals surface area contributed by atoms with E-state index in [4.69, 9.17) is 37.9 Å². The molecule has 0 aromatic carbocycles. The van der Waals surface area contributed by atoms with E-state index in [2.05, 4.69) is 29.8 Å². The first kappa shape index (κ1) is 93.2. The van der Waals surface area contributed by atoms with E-state index in [0.717, 1.165) is 65.2 Å². The van der Waals surface area contributed by atoms with Crippen molar-refractivity contribution in [2.45, 2.75) is 406 Å². The number of hydrogen-bond acceptors (Lipinski definition) is 25. The van der Waals surface area contributed by atoms with Gasteiger partial charge in [0.2, 0.25) is 17.7 Å². The number of ether oxygens (including phenoxy) is 8. The van der Waals surface area contributed by atoms with E-state index >= 15 is 0 Å². The van der Waals surface area contributed by atoms with Crippen LogP contribution in [0.1, 0.15) is 265 Å². The van der Waals surface area contributed by atoms with E-state index in [1.807, 2.05) is 6.08 Å². The highest BCUT2D eigenvalue weighted by molar-refractivity contribution is 5.77. The maximum atomic E-state index is 13.6. The van der Waals surface area contributed by atoms with Gasteiger partial charge in [-0.3, -0.25) is 14.4 Å². The van der Waals surface area contributed by atoms with Crippen LogP contribution in [0.3, 0.4) is 0 Å². The molecule has 608 valence electrons. The predicted molar refractivity (Wildman–Crippen MR) is 383 cm³/mol. The second-order valence-corrected chi connectivity index (χ2v) is 29.3. The van der Waals surface area contributed by atoms with Crippen LogP contribution >= 0.6 is 0 Å². The van der Waals surface area contributed by atoms with Crippen LogP contribution in [0.25, 0.3) is 0 Å². The molecule has 23 unspecified atom stereocenters. The zero-order chi connectivity index (χ0) is 76.4. The minimum atomic E-state index is -3.28. The Morgan fingerprint density at radius 2 is 0.933 bits per heavy atom. The Kier molecular flexibility index (Phi) is 47.3. The fraction of sp³-hybridized carbons (Fsp3) is 0.920. The second-order valence-electron chi connectivity index (χ2n) is 29.3. The number of aliphatic hydroxyl groups is 13. The third-order valence-corrected chi connectivity index (χ3v) is 20.5. The number of carboxylic acid groups (broad SMARTS) is 1. The van der Waals surface area contributed by atoms with Crippen molar-refractivity contribution in [2.24, 2.45) is 0 Å². The molecule has 0 aromatic rings. The largest absolute Gasteiger partial charge is 0.477 e. The number of aliphatic hydroxyl groups excluding tert-OH is 13. The van der Waals surface area contributed by atoms with Gasteiger partial charge in [-0.15, -0.1) is 0 Å². The molecule has 104 heavy (non-hydrogen) atoms. The number of aliphatic carboxylic acids is 1. The molecular weight excluding hydrogens is 1360 g/mol. The maximum absolute atomic E-state index is 13.6. The molecule has 3 amide bonds. The Morgan fingerprint density at radius 3 is 1.39 bits per heavy atom. The number of carbonyl (C=O) groups is 4. The minimum absolute atomic E-state index is 0.163. The van der Waals surface area contributed by atoms with Gasteiger partial charge in [0, 0.05) is 26.7 Å². The third kappa shape index (κ3) is 32.4. The first-order valence-corrected chi connectivity index (χ1v) is 39.6. The Bertz CT molecular complexity index is 2320. The molecule has 4 saturated heterocycles. The van der Waals surface area contributed by atoms with Crippen LogP contribution in [-0.2, 0) is 57.1 Å². The average Bonchev–Trinajstić information content (AvgIpc) is 0.749. The normalized spacial score (nSPS) is 30.8. The first-order valence-electron chi connectivity index (χ1n) is 39.6. The fourth-order valence-corrected chi connectivity index (χ4v) is 14.2. The summed E-state index contributed by atoms with van der Waals surface area (Å²) >= 11 is 0. The molecule has 4 aliphatic rings. The van der Waals surface area contributed by atoms with Crippen molar-refractivity contribution in [3.8, 4) is 0 Å². The first-order chi connectivity index (χ1) is 50.0. The molecular formula is C75H137N3O26. The molecule has 17 N–H and O–H groups in total. The Labute approximate surface area is 616 Å². The van der Waals surface area contributed by atoms with Gasteiger partial charge in [0.15, 0.2) is 18.9 Å². The van der Waals surface area contributed by atoms with Crippen molar-refractivity contribution in [2.75, 3.05) is 33.0 Å². The van der Waals surface area contributed by atoms with Crippen LogP contribution in [0.4, 0.5) is 0 Å². The zero-order valence-corrected chi connectivity index (χ0v) is 62.7. The Balaban J connectivity index is 1.45. The number of rotatable bonds is 57. The van der Waals surface area contributed by atoms with Crippen molar-refractivity contribution in [3.63, 3.8) is 0 Å². The van der Waals surface area contributed by atoms with Crippen LogP contribution in [0, 0.1) is 0 Å². The summed E-state index contributed by atoms with van der Waals surface area (Å²) in [6.45, 7) is 1.77. The zero-order valence-electron chi connectivity index (χ0n) is 62.7. The lowest BCUT2D eigenvalue weighted by atomic mass is 9.88. The van der Waals surface area contributed by atoms with Gasteiger partial charge >= 0.3 is 5.97 Å². The molecule has 0 spiro atoms. The van der Waals surface area contributed by atoms with Crippen molar-refractivity contribution in [1.82, 2.24) is 16.0 Å². The highest BCUT2D eigenvalue weighted by Crippen LogP contribution is 2.40. The van der Waals surface area contributed by atoms with E-state index in [1.54, 1.807) is 6.08 Å². The van der Waals surface area contributed by atoms with Gasteiger partial charge < -0.3 is 125 Å². The quantitative estimate of drug-likeness (QED) is 0.0299. The Hall–Kier alpha value is -3.22. The summed E-state index contributed by atoms with van der Waals surface area (Å²) in [6.07, 6.45) is 6.59. The summed E-state index contributed by atoms with van der Waals surface area (Å²) in [6, 6.07) is -4.52. The van der Waals surface area contributed by atoms with Gasteiger partial charge in [-0.2, -0.15) is 0 Å². The smallest absolute Gasteiger partial charge is 0.364 e. The molecule has 4 aliphatic heterocycles. The fourth-order valence-electron chi connectivity index (χ4n) is 14.2. The maximum Gasteiger partial charge on any atom is 0.364 e.